The van der Waals surface area contributed by atoms with Gasteiger partial charge >= 0.3 is 5.97 Å². The molecule has 6 nitrogen and oxygen atoms in total. The minimum atomic E-state index is -1.06. The molecule has 6 heteroatoms. The van der Waals surface area contributed by atoms with Crippen LogP contribution in [0.2, 0.25) is 0 Å². The van der Waals surface area contributed by atoms with Gasteiger partial charge in [0.2, 0.25) is 0 Å². The molecule has 0 N–H and O–H groups in total. The topological polar surface area (TPSA) is 80.8 Å². The van der Waals surface area contributed by atoms with Crippen molar-refractivity contribution in [3.05, 3.63) is 35.4 Å². The van der Waals surface area contributed by atoms with Gasteiger partial charge in [0.15, 0.2) is 11.9 Å². The van der Waals surface area contributed by atoms with E-state index in [-0.39, 0.29) is 16.9 Å². The maximum Gasteiger partial charge on any atom is 0.329 e. The molecular weight excluding hydrogens is 298 g/mol. The van der Waals surface area contributed by atoms with E-state index in [1.807, 2.05) is 0 Å². The fourth-order valence-electron chi connectivity index (χ4n) is 2.98. The van der Waals surface area contributed by atoms with E-state index in [1.165, 1.54) is 6.92 Å². The van der Waals surface area contributed by atoms with Gasteiger partial charge in [-0.2, -0.15) is 0 Å². The number of ketones is 1. The van der Waals surface area contributed by atoms with Gasteiger partial charge in [0.25, 0.3) is 11.8 Å². The number of imide groups is 1. The van der Waals surface area contributed by atoms with Gasteiger partial charge in [0.05, 0.1) is 11.1 Å². The van der Waals surface area contributed by atoms with Gasteiger partial charge < -0.3 is 4.74 Å². The van der Waals surface area contributed by atoms with Crippen molar-refractivity contribution in [1.29, 1.82) is 0 Å². The second-order valence-electron chi connectivity index (χ2n) is 5.84. The highest BCUT2D eigenvalue weighted by molar-refractivity contribution is 6.22. The van der Waals surface area contributed by atoms with E-state index in [0.29, 0.717) is 12.8 Å². The molecule has 0 bridgehead atoms. The largest absolute Gasteiger partial charge is 0.453 e. The summed E-state index contributed by atoms with van der Waals surface area (Å²) in [4.78, 5) is 49.6. The van der Waals surface area contributed by atoms with Crippen LogP contribution >= 0.6 is 0 Å². The highest BCUT2D eigenvalue weighted by Crippen LogP contribution is 2.25. The molecule has 2 amide bonds. The Morgan fingerprint density at radius 2 is 1.74 bits per heavy atom. The lowest BCUT2D eigenvalue weighted by atomic mass is 9.96. The van der Waals surface area contributed by atoms with Crippen molar-refractivity contribution in [2.45, 2.75) is 44.8 Å². The van der Waals surface area contributed by atoms with Crippen LogP contribution in [-0.2, 0) is 14.3 Å². The highest BCUT2D eigenvalue weighted by atomic mass is 16.5. The summed E-state index contributed by atoms with van der Waals surface area (Å²) in [7, 11) is 0. The molecule has 3 rings (SSSR count). The second-order valence-corrected chi connectivity index (χ2v) is 5.84. The average molecular weight is 315 g/mol. The van der Waals surface area contributed by atoms with E-state index in [2.05, 4.69) is 0 Å². The zero-order valence-electron chi connectivity index (χ0n) is 12.8. The fourth-order valence-corrected chi connectivity index (χ4v) is 2.98. The standard InChI is InChI=1S/C17H17NO5/c1-10(17(22)23-14-9-5-4-8-13(14)19)18-15(20)11-6-2-3-7-12(11)16(18)21/h2-3,6-7,10,14H,4-5,8-9H2,1H3/t10-,14-/m0/s1. The summed E-state index contributed by atoms with van der Waals surface area (Å²) in [5.41, 5.74) is 0.566. The first-order valence-electron chi connectivity index (χ1n) is 7.71. The lowest BCUT2D eigenvalue weighted by Gasteiger charge is -2.25. The summed E-state index contributed by atoms with van der Waals surface area (Å²) in [5, 5.41) is 0. The SMILES string of the molecule is C[C@@H](C(=O)O[C@H]1CCCCC1=O)N1C(=O)c2ccccc2C1=O. The third kappa shape index (κ3) is 2.65. The van der Waals surface area contributed by atoms with E-state index < -0.39 is 29.9 Å². The molecule has 0 saturated heterocycles. The molecule has 1 aromatic carbocycles. The Kier molecular flexibility index (Phi) is 3.98. The molecular formula is C17H17NO5. The number of hydrogen-bond acceptors (Lipinski definition) is 5. The summed E-state index contributed by atoms with van der Waals surface area (Å²) in [5.74, 6) is -1.84. The molecule has 1 aromatic rings. The number of fused-ring (bicyclic) bond motifs is 1. The lowest BCUT2D eigenvalue weighted by Crippen LogP contribution is -2.45. The van der Waals surface area contributed by atoms with E-state index in [0.717, 1.165) is 17.7 Å². The molecule has 0 spiro atoms. The van der Waals surface area contributed by atoms with Crippen LogP contribution in [0.4, 0.5) is 0 Å². The van der Waals surface area contributed by atoms with Gasteiger partial charge in [-0.1, -0.05) is 12.1 Å². The van der Waals surface area contributed by atoms with Gasteiger partial charge in [0, 0.05) is 6.42 Å². The number of hydrogen-bond donors (Lipinski definition) is 0. The normalized spacial score (nSPS) is 22.0. The van der Waals surface area contributed by atoms with Crippen LogP contribution in [0.25, 0.3) is 0 Å². The minimum Gasteiger partial charge on any atom is -0.453 e. The van der Waals surface area contributed by atoms with Crippen molar-refractivity contribution < 1.29 is 23.9 Å². The molecule has 1 fully saturated rings. The number of benzene rings is 1. The number of carbonyl (C=O) groups is 4. The van der Waals surface area contributed by atoms with E-state index >= 15 is 0 Å². The van der Waals surface area contributed by atoms with Gasteiger partial charge in [-0.15, -0.1) is 0 Å². The van der Waals surface area contributed by atoms with Crippen molar-refractivity contribution in [2.24, 2.45) is 0 Å². The Morgan fingerprint density at radius 1 is 1.13 bits per heavy atom. The Labute approximate surface area is 133 Å². The summed E-state index contributed by atoms with van der Waals surface area (Å²) < 4.78 is 5.24. The number of nitrogens with zero attached hydrogens (tertiary/aromatic N) is 1. The van der Waals surface area contributed by atoms with Crippen molar-refractivity contribution in [1.82, 2.24) is 4.90 Å². The number of Topliss-reactive ketones (excluding diaryl/α,β-unsaturated/α-hetero) is 1. The Balaban J connectivity index is 1.74. The third-order valence-electron chi connectivity index (χ3n) is 4.31. The Bertz CT molecular complexity index is 661. The highest BCUT2D eigenvalue weighted by Gasteiger charge is 2.42. The first kappa shape index (κ1) is 15.4. The van der Waals surface area contributed by atoms with Crippen molar-refractivity contribution in [2.75, 3.05) is 0 Å². The molecule has 23 heavy (non-hydrogen) atoms. The molecule has 0 unspecified atom stereocenters. The monoisotopic (exact) mass is 315 g/mol. The number of carbonyl (C=O) groups excluding carboxylic acids is 4. The van der Waals surface area contributed by atoms with Crippen LogP contribution < -0.4 is 0 Å². The van der Waals surface area contributed by atoms with E-state index in [9.17, 15) is 19.2 Å². The predicted molar refractivity (Wildman–Crippen MR) is 79.8 cm³/mol. The van der Waals surface area contributed by atoms with Gasteiger partial charge in [-0.05, 0) is 38.3 Å². The first-order chi connectivity index (χ1) is 11.0. The zero-order chi connectivity index (χ0) is 16.6. The summed E-state index contributed by atoms with van der Waals surface area (Å²) in [6, 6.07) is 5.38. The van der Waals surface area contributed by atoms with Crippen molar-refractivity contribution in [3.63, 3.8) is 0 Å². The molecule has 1 heterocycles. The maximum absolute atomic E-state index is 12.3. The third-order valence-corrected chi connectivity index (χ3v) is 4.31. The van der Waals surface area contributed by atoms with Crippen LogP contribution in [0.3, 0.4) is 0 Å². The molecule has 1 aliphatic carbocycles. The van der Waals surface area contributed by atoms with Crippen molar-refractivity contribution in [3.8, 4) is 0 Å². The van der Waals surface area contributed by atoms with Crippen LogP contribution in [0.1, 0.15) is 53.3 Å². The molecule has 2 atom stereocenters. The number of esters is 1. The molecule has 1 aliphatic heterocycles. The summed E-state index contributed by atoms with van der Waals surface area (Å²) in [6.45, 7) is 1.44. The second kappa shape index (κ2) is 5.95. The van der Waals surface area contributed by atoms with Crippen LogP contribution in [0.5, 0.6) is 0 Å². The zero-order valence-corrected chi connectivity index (χ0v) is 12.8. The van der Waals surface area contributed by atoms with Gasteiger partial charge in [-0.3, -0.25) is 19.3 Å². The Morgan fingerprint density at radius 3 is 2.30 bits per heavy atom. The molecule has 0 aromatic heterocycles. The average Bonchev–Trinajstić information content (AvgIpc) is 2.81. The number of amides is 2. The lowest BCUT2D eigenvalue weighted by molar-refractivity contribution is -0.159. The van der Waals surface area contributed by atoms with E-state index in [4.69, 9.17) is 4.74 Å². The van der Waals surface area contributed by atoms with Crippen LogP contribution in [0, 0.1) is 0 Å². The van der Waals surface area contributed by atoms with Crippen LogP contribution in [0.15, 0.2) is 24.3 Å². The fraction of sp³-hybridized carbons (Fsp3) is 0.412. The predicted octanol–water partition coefficient (Wildman–Crippen LogP) is 1.73. The smallest absolute Gasteiger partial charge is 0.329 e. The number of rotatable bonds is 3. The Hall–Kier alpha value is -2.50. The maximum atomic E-state index is 12.3. The summed E-state index contributed by atoms with van der Waals surface area (Å²) in [6.07, 6.45) is 1.78. The molecule has 1 saturated carbocycles. The first-order valence-corrected chi connectivity index (χ1v) is 7.71. The number of ether oxygens (including phenoxy) is 1. The molecule has 0 radical (unpaired) electrons. The van der Waals surface area contributed by atoms with Gasteiger partial charge in [0.1, 0.15) is 6.04 Å². The quantitative estimate of drug-likeness (QED) is 0.627. The van der Waals surface area contributed by atoms with Crippen LogP contribution in [-0.4, -0.2) is 40.6 Å². The summed E-state index contributed by atoms with van der Waals surface area (Å²) >= 11 is 0. The van der Waals surface area contributed by atoms with Crippen molar-refractivity contribution >= 4 is 23.6 Å². The van der Waals surface area contributed by atoms with Gasteiger partial charge in [-0.25, -0.2) is 4.79 Å². The molecule has 120 valence electrons. The molecule has 2 aliphatic rings. The minimum absolute atomic E-state index is 0.0980. The van der Waals surface area contributed by atoms with E-state index in [1.54, 1.807) is 24.3 Å².